The minimum atomic E-state index is -0.294. The maximum Gasteiger partial charge on any atom is 0.165 e. The van der Waals surface area contributed by atoms with Gasteiger partial charge in [-0.2, -0.15) is 0 Å². The van der Waals surface area contributed by atoms with Crippen LogP contribution in [0.4, 0.5) is 10.1 Å². The number of benzene rings is 1. The van der Waals surface area contributed by atoms with Crippen molar-refractivity contribution in [1.29, 1.82) is 0 Å². The molecule has 0 amide bonds. The number of nitrogens with zero attached hydrogens (tertiary/aromatic N) is 1. The molecule has 2 atom stereocenters. The molecule has 4 heteroatoms. The summed E-state index contributed by atoms with van der Waals surface area (Å²) < 4.78 is 14.3. The molecule has 0 radical (unpaired) electrons. The molecule has 2 unspecified atom stereocenters. The van der Waals surface area contributed by atoms with Gasteiger partial charge in [-0.15, -0.1) is 0 Å². The molecule has 1 fully saturated rings. The van der Waals surface area contributed by atoms with Gasteiger partial charge in [0.25, 0.3) is 0 Å². The zero-order valence-corrected chi connectivity index (χ0v) is 13.3. The first-order chi connectivity index (χ1) is 9.54. The van der Waals surface area contributed by atoms with E-state index in [0.29, 0.717) is 23.7 Å². The smallest absolute Gasteiger partial charge is 0.165 e. The largest absolute Gasteiger partial charge is 0.363 e. The summed E-state index contributed by atoms with van der Waals surface area (Å²) in [6.45, 7) is 8.28. The number of piperazine rings is 1. The fourth-order valence-electron chi connectivity index (χ4n) is 2.96. The van der Waals surface area contributed by atoms with Crippen molar-refractivity contribution in [3.8, 4) is 0 Å². The molecule has 1 aliphatic rings. The van der Waals surface area contributed by atoms with Crippen molar-refractivity contribution < 1.29 is 4.39 Å². The van der Waals surface area contributed by atoms with Gasteiger partial charge in [-0.25, -0.2) is 4.39 Å². The molecular formula is C16H24ClFN2. The predicted molar refractivity (Wildman–Crippen MR) is 84.1 cm³/mol. The summed E-state index contributed by atoms with van der Waals surface area (Å²) in [6, 6.07) is 6.00. The Bertz CT molecular complexity index is 450. The Labute approximate surface area is 126 Å². The van der Waals surface area contributed by atoms with Crippen molar-refractivity contribution in [3.05, 3.63) is 29.0 Å². The Kier molecular flexibility index (Phi) is 5.28. The first kappa shape index (κ1) is 15.6. The zero-order valence-electron chi connectivity index (χ0n) is 12.5. The summed E-state index contributed by atoms with van der Waals surface area (Å²) in [5, 5.41) is 3.79. The molecular weight excluding hydrogens is 275 g/mol. The van der Waals surface area contributed by atoms with Crippen LogP contribution in [0.1, 0.15) is 33.6 Å². The summed E-state index contributed by atoms with van der Waals surface area (Å²) in [7, 11) is 0. The van der Waals surface area contributed by atoms with Gasteiger partial charge in [0.1, 0.15) is 0 Å². The lowest BCUT2D eigenvalue weighted by molar-refractivity contribution is 0.325. The van der Waals surface area contributed by atoms with Gasteiger partial charge in [0, 0.05) is 25.2 Å². The van der Waals surface area contributed by atoms with Crippen LogP contribution in [0.5, 0.6) is 0 Å². The molecule has 1 aromatic rings. The lowest BCUT2D eigenvalue weighted by Crippen LogP contribution is -2.58. The lowest BCUT2D eigenvalue weighted by Gasteiger charge is -2.44. The van der Waals surface area contributed by atoms with Crippen LogP contribution in [0, 0.1) is 11.7 Å². The van der Waals surface area contributed by atoms with E-state index in [1.165, 1.54) is 0 Å². The Balaban J connectivity index is 2.29. The van der Waals surface area contributed by atoms with Gasteiger partial charge in [0.2, 0.25) is 0 Å². The van der Waals surface area contributed by atoms with E-state index in [-0.39, 0.29) is 10.8 Å². The first-order valence-electron chi connectivity index (χ1n) is 7.48. The van der Waals surface area contributed by atoms with Gasteiger partial charge >= 0.3 is 0 Å². The van der Waals surface area contributed by atoms with Crippen LogP contribution in [-0.4, -0.2) is 25.2 Å². The topological polar surface area (TPSA) is 15.3 Å². The van der Waals surface area contributed by atoms with Gasteiger partial charge in [-0.3, -0.25) is 0 Å². The van der Waals surface area contributed by atoms with Gasteiger partial charge in [0.15, 0.2) is 5.82 Å². The van der Waals surface area contributed by atoms with Crippen molar-refractivity contribution in [3.63, 3.8) is 0 Å². The van der Waals surface area contributed by atoms with Crippen molar-refractivity contribution >= 4 is 17.3 Å². The van der Waals surface area contributed by atoms with E-state index in [1.54, 1.807) is 6.07 Å². The summed E-state index contributed by atoms with van der Waals surface area (Å²) in [5.74, 6) is 0.167. The number of halogens is 2. The minimum absolute atomic E-state index is 0.204. The fourth-order valence-corrected chi connectivity index (χ4v) is 3.13. The SMILES string of the molecule is CCCC1CN(c2cccc(Cl)c2F)C(C(C)C)CN1. The average Bonchev–Trinajstić information content (AvgIpc) is 2.42. The summed E-state index contributed by atoms with van der Waals surface area (Å²) in [4.78, 5) is 2.20. The minimum Gasteiger partial charge on any atom is -0.363 e. The highest BCUT2D eigenvalue weighted by molar-refractivity contribution is 6.31. The first-order valence-corrected chi connectivity index (χ1v) is 7.86. The molecule has 0 spiro atoms. The summed E-state index contributed by atoms with van der Waals surface area (Å²) in [5.41, 5.74) is 0.638. The van der Waals surface area contributed by atoms with Crippen molar-refractivity contribution in [2.24, 2.45) is 5.92 Å². The third-order valence-electron chi connectivity index (χ3n) is 4.08. The van der Waals surface area contributed by atoms with E-state index in [9.17, 15) is 4.39 Å². The molecule has 2 nitrogen and oxygen atoms in total. The van der Waals surface area contributed by atoms with E-state index in [1.807, 2.05) is 12.1 Å². The van der Waals surface area contributed by atoms with Crippen LogP contribution in [-0.2, 0) is 0 Å². The van der Waals surface area contributed by atoms with E-state index >= 15 is 0 Å². The van der Waals surface area contributed by atoms with E-state index < -0.39 is 0 Å². The van der Waals surface area contributed by atoms with Crippen LogP contribution in [0.3, 0.4) is 0 Å². The second-order valence-corrected chi connectivity index (χ2v) is 6.34. The highest BCUT2D eigenvalue weighted by Crippen LogP contribution is 2.30. The Morgan fingerprint density at radius 3 is 2.85 bits per heavy atom. The van der Waals surface area contributed by atoms with Crippen LogP contribution in [0.2, 0.25) is 5.02 Å². The molecule has 0 bridgehead atoms. The quantitative estimate of drug-likeness (QED) is 0.901. The van der Waals surface area contributed by atoms with E-state index in [2.05, 4.69) is 31.0 Å². The molecule has 2 rings (SSSR count). The maximum absolute atomic E-state index is 14.3. The molecule has 1 N–H and O–H groups in total. The van der Waals surface area contributed by atoms with E-state index in [4.69, 9.17) is 11.6 Å². The van der Waals surface area contributed by atoms with Gasteiger partial charge < -0.3 is 10.2 Å². The molecule has 0 aromatic heterocycles. The summed E-state index contributed by atoms with van der Waals surface area (Å²) in [6.07, 6.45) is 2.25. The third-order valence-corrected chi connectivity index (χ3v) is 4.37. The number of nitrogens with one attached hydrogen (secondary N) is 1. The van der Waals surface area contributed by atoms with Crippen LogP contribution in [0.25, 0.3) is 0 Å². The number of rotatable bonds is 4. The highest BCUT2D eigenvalue weighted by Gasteiger charge is 2.31. The molecule has 112 valence electrons. The fraction of sp³-hybridized carbons (Fsp3) is 0.625. The Morgan fingerprint density at radius 1 is 1.45 bits per heavy atom. The average molecular weight is 299 g/mol. The molecule has 1 saturated heterocycles. The number of hydrogen-bond donors (Lipinski definition) is 1. The molecule has 1 aliphatic heterocycles. The van der Waals surface area contributed by atoms with Crippen molar-refractivity contribution in [2.45, 2.75) is 45.7 Å². The van der Waals surface area contributed by atoms with Crippen LogP contribution >= 0.6 is 11.6 Å². The predicted octanol–water partition coefficient (Wildman–Crippen LogP) is 4.08. The molecule has 1 heterocycles. The second-order valence-electron chi connectivity index (χ2n) is 5.93. The summed E-state index contributed by atoms with van der Waals surface area (Å²) >= 11 is 5.94. The number of hydrogen-bond acceptors (Lipinski definition) is 2. The highest BCUT2D eigenvalue weighted by atomic mass is 35.5. The Hall–Kier alpha value is -0.800. The lowest BCUT2D eigenvalue weighted by atomic mass is 9.96. The zero-order chi connectivity index (χ0) is 14.7. The molecule has 0 aliphatic carbocycles. The normalized spacial score (nSPS) is 23.4. The van der Waals surface area contributed by atoms with Crippen molar-refractivity contribution in [2.75, 3.05) is 18.0 Å². The monoisotopic (exact) mass is 298 g/mol. The van der Waals surface area contributed by atoms with Crippen LogP contribution in [0.15, 0.2) is 18.2 Å². The third kappa shape index (κ3) is 3.26. The van der Waals surface area contributed by atoms with Gasteiger partial charge in [-0.05, 0) is 24.5 Å². The van der Waals surface area contributed by atoms with Crippen molar-refractivity contribution in [1.82, 2.24) is 5.32 Å². The van der Waals surface area contributed by atoms with Gasteiger partial charge in [0.05, 0.1) is 10.7 Å². The van der Waals surface area contributed by atoms with Gasteiger partial charge in [-0.1, -0.05) is 44.9 Å². The molecule has 20 heavy (non-hydrogen) atoms. The maximum atomic E-state index is 14.3. The molecule has 1 aromatic carbocycles. The van der Waals surface area contributed by atoms with E-state index in [0.717, 1.165) is 25.9 Å². The second kappa shape index (κ2) is 6.77. The standard InChI is InChI=1S/C16H24ClFN2/c1-4-6-12-10-20(15(9-19-12)11(2)3)14-8-5-7-13(17)16(14)18/h5,7-8,11-12,15,19H,4,6,9-10H2,1-3H3. The Morgan fingerprint density at radius 2 is 2.20 bits per heavy atom. The number of anilines is 1. The molecule has 0 saturated carbocycles. The van der Waals surface area contributed by atoms with Crippen LogP contribution < -0.4 is 10.2 Å².